The fourth-order valence-electron chi connectivity index (χ4n) is 3.70. The summed E-state index contributed by atoms with van der Waals surface area (Å²) in [5, 5.41) is 1.78. The smallest absolute Gasteiger partial charge is 0.263 e. The highest BCUT2D eigenvalue weighted by molar-refractivity contribution is 7.99. The summed E-state index contributed by atoms with van der Waals surface area (Å²) in [5.74, 6) is 0.896. The van der Waals surface area contributed by atoms with Gasteiger partial charge in [-0.2, -0.15) is 0 Å². The van der Waals surface area contributed by atoms with Crippen LogP contribution in [0.4, 0.5) is 0 Å². The molecule has 1 aliphatic heterocycles. The monoisotopic (exact) mass is 364 g/mol. The van der Waals surface area contributed by atoms with Crippen LogP contribution in [0, 0.1) is 0 Å². The van der Waals surface area contributed by atoms with Crippen molar-refractivity contribution in [2.24, 2.45) is 0 Å². The van der Waals surface area contributed by atoms with Crippen molar-refractivity contribution in [3.63, 3.8) is 0 Å². The van der Waals surface area contributed by atoms with Gasteiger partial charge in [0.25, 0.3) is 5.56 Å². The van der Waals surface area contributed by atoms with Gasteiger partial charge in [-0.3, -0.25) is 9.36 Å². The summed E-state index contributed by atoms with van der Waals surface area (Å²) in [5.41, 5.74) is 1.46. The highest BCUT2D eigenvalue weighted by Crippen LogP contribution is 2.35. The molecule has 0 spiro atoms. The van der Waals surface area contributed by atoms with Gasteiger partial charge in [0.2, 0.25) is 0 Å². The van der Waals surface area contributed by atoms with Crippen LogP contribution < -0.4 is 5.56 Å². The first-order chi connectivity index (χ1) is 11.8. The van der Waals surface area contributed by atoms with Crippen LogP contribution in [0.2, 0.25) is 0 Å². The summed E-state index contributed by atoms with van der Waals surface area (Å²) in [6, 6.07) is 0. The second-order valence-corrected chi connectivity index (χ2v) is 8.76. The maximum absolute atomic E-state index is 13.1. The molecule has 0 bridgehead atoms. The molecule has 130 valence electrons. The van der Waals surface area contributed by atoms with Crippen molar-refractivity contribution in [3.05, 3.63) is 20.8 Å². The van der Waals surface area contributed by atoms with Crippen LogP contribution in [-0.4, -0.2) is 28.0 Å². The Hall–Kier alpha value is -0.850. The predicted molar refractivity (Wildman–Crippen MR) is 101 cm³/mol. The Labute approximate surface area is 150 Å². The quantitative estimate of drug-likeness (QED) is 0.594. The zero-order valence-electron chi connectivity index (χ0n) is 14.2. The van der Waals surface area contributed by atoms with Gasteiger partial charge >= 0.3 is 0 Å². The summed E-state index contributed by atoms with van der Waals surface area (Å²) >= 11 is 3.43. The van der Waals surface area contributed by atoms with E-state index >= 15 is 0 Å². The van der Waals surface area contributed by atoms with Crippen molar-refractivity contribution in [2.45, 2.75) is 69.7 Å². The molecule has 1 saturated heterocycles. The number of rotatable bonds is 5. The molecule has 4 nitrogen and oxygen atoms in total. The van der Waals surface area contributed by atoms with Crippen molar-refractivity contribution < 1.29 is 4.74 Å². The number of aromatic nitrogens is 2. The summed E-state index contributed by atoms with van der Waals surface area (Å²) in [7, 11) is 0. The number of thiophene rings is 1. The second kappa shape index (κ2) is 7.18. The number of thioether (sulfide) groups is 1. The van der Waals surface area contributed by atoms with E-state index in [1.54, 1.807) is 23.1 Å². The van der Waals surface area contributed by atoms with Crippen LogP contribution in [0.25, 0.3) is 10.2 Å². The predicted octanol–water partition coefficient (Wildman–Crippen LogP) is 4.02. The lowest BCUT2D eigenvalue weighted by molar-refractivity contribution is 0.0315. The van der Waals surface area contributed by atoms with Gasteiger partial charge in [-0.05, 0) is 50.5 Å². The van der Waals surface area contributed by atoms with E-state index in [0.717, 1.165) is 60.0 Å². The molecule has 1 aliphatic carbocycles. The van der Waals surface area contributed by atoms with Gasteiger partial charge in [0, 0.05) is 23.8 Å². The largest absolute Gasteiger partial charge is 0.377 e. The third kappa shape index (κ3) is 3.04. The van der Waals surface area contributed by atoms with E-state index in [1.165, 1.54) is 29.7 Å². The fraction of sp³-hybridized carbons (Fsp3) is 0.667. The van der Waals surface area contributed by atoms with E-state index in [1.807, 2.05) is 4.57 Å². The third-order valence-corrected chi connectivity index (χ3v) is 7.20. The Bertz CT molecular complexity index is 790. The molecule has 3 heterocycles. The normalized spacial score (nSPS) is 20.6. The summed E-state index contributed by atoms with van der Waals surface area (Å²) < 4.78 is 7.74. The maximum Gasteiger partial charge on any atom is 0.263 e. The average molecular weight is 365 g/mol. The van der Waals surface area contributed by atoms with E-state index in [-0.39, 0.29) is 5.56 Å². The first-order valence-electron chi connectivity index (χ1n) is 9.07. The Morgan fingerprint density at radius 1 is 1.33 bits per heavy atom. The number of fused-ring (bicyclic) bond motifs is 3. The lowest BCUT2D eigenvalue weighted by atomic mass is 10.1. The molecule has 2 aromatic heterocycles. The van der Waals surface area contributed by atoms with Crippen LogP contribution in [-0.2, 0) is 24.1 Å². The lowest BCUT2D eigenvalue weighted by Crippen LogP contribution is -2.25. The summed E-state index contributed by atoms with van der Waals surface area (Å²) in [4.78, 5) is 20.3. The number of hydrogen-bond acceptors (Lipinski definition) is 5. The van der Waals surface area contributed by atoms with Gasteiger partial charge < -0.3 is 4.74 Å². The van der Waals surface area contributed by atoms with Crippen LogP contribution in [0.15, 0.2) is 9.95 Å². The van der Waals surface area contributed by atoms with Gasteiger partial charge in [-0.1, -0.05) is 18.7 Å². The van der Waals surface area contributed by atoms with Crippen molar-refractivity contribution in [1.29, 1.82) is 0 Å². The Balaban J connectivity index is 1.68. The highest BCUT2D eigenvalue weighted by atomic mass is 32.2. The van der Waals surface area contributed by atoms with Crippen molar-refractivity contribution in [3.8, 4) is 0 Å². The molecule has 6 heteroatoms. The molecule has 0 amide bonds. The lowest BCUT2D eigenvalue weighted by Gasteiger charge is -2.22. The molecule has 2 aliphatic rings. The van der Waals surface area contributed by atoms with Gasteiger partial charge in [0.15, 0.2) is 5.16 Å². The van der Waals surface area contributed by atoms with E-state index < -0.39 is 0 Å². The fourth-order valence-corrected chi connectivity index (χ4v) is 6.09. The highest BCUT2D eigenvalue weighted by Gasteiger charge is 2.23. The molecule has 0 aromatic carbocycles. The van der Waals surface area contributed by atoms with Gasteiger partial charge in [-0.25, -0.2) is 4.98 Å². The molecule has 2 aromatic rings. The van der Waals surface area contributed by atoms with E-state index in [4.69, 9.17) is 9.72 Å². The summed E-state index contributed by atoms with van der Waals surface area (Å²) in [6.45, 7) is 3.74. The van der Waals surface area contributed by atoms with Gasteiger partial charge in [0.05, 0.1) is 11.5 Å². The van der Waals surface area contributed by atoms with Gasteiger partial charge in [-0.15, -0.1) is 11.3 Å². The van der Waals surface area contributed by atoms with Crippen LogP contribution in [0.5, 0.6) is 0 Å². The van der Waals surface area contributed by atoms with Crippen LogP contribution in [0.3, 0.4) is 0 Å². The number of ether oxygens (including phenoxy) is 1. The molecule has 0 unspecified atom stereocenters. The minimum Gasteiger partial charge on any atom is -0.377 e. The first-order valence-corrected chi connectivity index (χ1v) is 10.9. The standard InChI is InChI=1S/C18H24N2O2S2/c1-2-9-20-17(21)15-13-7-5-8-14(13)24-16(15)19-18(20)23-11-12-6-3-4-10-22-12/h12H,2-11H2,1H3/t12-/m0/s1. The molecule has 0 radical (unpaired) electrons. The molecule has 0 N–H and O–H groups in total. The van der Waals surface area contributed by atoms with Gasteiger partial charge in [0.1, 0.15) is 4.83 Å². The first kappa shape index (κ1) is 16.6. The Morgan fingerprint density at radius 3 is 3.04 bits per heavy atom. The number of nitrogens with zero attached hydrogens (tertiary/aromatic N) is 2. The molecular weight excluding hydrogens is 340 g/mol. The van der Waals surface area contributed by atoms with Crippen molar-refractivity contribution >= 4 is 33.3 Å². The number of hydrogen-bond donors (Lipinski definition) is 0. The van der Waals surface area contributed by atoms with E-state index in [2.05, 4.69) is 6.92 Å². The molecule has 0 saturated carbocycles. The summed E-state index contributed by atoms with van der Waals surface area (Å²) in [6.07, 6.45) is 8.14. The van der Waals surface area contributed by atoms with Crippen LogP contribution >= 0.6 is 23.1 Å². The van der Waals surface area contributed by atoms with E-state index in [0.29, 0.717) is 6.10 Å². The molecule has 1 atom stereocenters. The maximum atomic E-state index is 13.1. The van der Waals surface area contributed by atoms with Crippen LogP contribution in [0.1, 0.15) is 49.5 Å². The molecule has 24 heavy (non-hydrogen) atoms. The van der Waals surface area contributed by atoms with Crippen molar-refractivity contribution in [2.75, 3.05) is 12.4 Å². The zero-order valence-corrected chi connectivity index (χ0v) is 15.8. The van der Waals surface area contributed by atoms with E-state index in [9.17, 15) is 4.79 Å². The second-order valence-electron chi connectivity index (χ2n) is 6.69. The topological polar surface area (TPSA) is 44.1 Å². The number of aryl methyl sites for hydroxylation is 2. The molecule has 1 fully saturated rings. The van der Waals surface area contributed by atoms with Crippen molar-refractivity contribution in [1.82, 2.24) is 9.55 Å². The third-order valence-electron chi connectivity index (χ3n) is 4.91. The Kier molecular flexibility index (Phi) is 4.97. The SMILES string of the molecule is CCCn1c(SC[C@@H]2CCCCO2)nc2sc3c(c2c1=O)CCC3. The minimum atomic E-state index is 0.174. The Morgan fingerprint density at radius 2 is 2.25 bits per heavy atom. The molecule has 4 rings (SSSR count). The molecular formula is C18H24N2O2S2. The minimum absolute atomic E-state index is 0.174. The zero-order chi connectivity index (χ0) is 16.5. The average Bonchev–Trinajstić information content (AvgIpc) is 3.17.